The van der Waals surface area contributed by atoms with E-state index < -0.39 is 20.4 Å². The van der Waals surface area contributed by atoms with Crippen molar-refractivity contribution in [3.05, 3.63) is 113 Å². The molecule has 0 spiro atoms. The minimum atomic E-state index is -3.05. The summed E-state index contributed by atoms with van der Waals surface area (Å²) in [6.45, 7) is 16.5. The number of piperazine rings is 1. The van der Waals surface area contributed by atoms with Gasteiger partial charge in [-0.1, -0.05) is 100 Å². The number of methoxy groups -OCH3 is 2. The molecule has 1 saturated heterocycles. The molecule has 2 bridgehead atoms. The highest BCUT2D eigenvalue weighted by Gasteiger charge is 2.57. The lowest BCUT2D eigenvalue weighted by molar-refractivity contribution is -0.0237. The van der Waals surface area contributed by atoms with Crippen molar-refractivity contribution in [1.29, 1.82) is 5.26 Å². The Bertz CT molecular complexity index is 2200. The number of hydrogen-bond acceptors (Lipinski definition) is 11. The number of aryl methyl sites for hydroxylation is 1. The highest BCUT2D eigenvalue weighted by atomic mass is 28.4. The molecule has 5 atom stereocenters. The molecule has 1 N–H and O–H groups in total. The van der Waals surface area contributed by atoms with Crippen LogP contribution in [0.2, 0.25) is 5.04 Å². The largest absolute Gasteiger partial charge is 0.493 e. The Labute approximate surface area is 355 Å². The molecular formula is C48H57N3O8Si. The third-order valence-corrected chi connectivity index (χ3v) is 17.7. The molecule has 1 fully saturated rings. The fourth-order valence-corrected chi connectivity index (χ4v) is 14.9. The van der Waals surface area contributed by atoms with E-state index in [0.29, 0.717) is 55.7 Å². The van der Waals surface area contributed by atoms with E-state index in [4.69, 9.17) is 37.6 Å². The number of hydrogen-bond donors (Lipinski definition) is 1. The van der Waals surface area contributed by atoms with Gasteiger partial charge >= 0.3 is 0 Å². The number of ether oxygens (including phenoxy) is 7. The van der Waals surface area contributed by atoms with E-state index in [2.05, 4.69) is 110 Å². The smallest absolute Gasteiger partial charge is 0.261 e. The number of nitrogens with zero attached hydrogens (tertiary/aromatic N) is 2. The van der Waals surface area contributed by atoms with Crippen molar-refractivity contribution >= 4 is 18.7 Å². The van der Waals surface area contributed by atoms with Crippen LogP contribution in [-0.4, -0.2) is 85.6 Å². The summed E-state index contributed by atoms with van der Waals surface area (Å²) >= 11 is 0. The highest BCUT2D eigenvalue weighted by Crippen LogP contribution is 2.57. The van der Waals surface area contributed by atoms with E-state index in [1.165, 1.54) is 10.4 Å². The van der Waals surface area contributed by atoms with E-state index in [-0.39, 0.29) is 43.4 Å². The molecule has 4 heterocycles. The fourth-order valence-electron chi connectivity index (χ4n) is 10.3. The van der Waals surface area contributed by atoms with Crippen molar-refractivity contribution in [3.63, 3.8) is 0 Å². The third-order valence-electron chi connectivity index (χ3n) is 12.7. The molecule has 4 aliphatic rings. The Morgan fingerprint density at radius 2 is 1.62 bits per heavy atom. The molecule has 4 aromatic rings. The maximum absolute atomic E-state index is 11.3. The summed E-state index contributed by atoms with van der Waals surface area (Å²) in [5.74, 6) is 3.42. The van der Waals surface area contributed by atoms with Crippen molar-refractivity contribution in [2.45, 2.75) is 82.7 Å². The molecule has 11 nitrogen and oxygen atoms in total. The lowest BCUT2D eigenvalue weighted by Gasteiger charge is -2.57. The Hall–Kier alpha value is -4.87. The van der Waals surface area contributed by atoms with Crippen molar-refractivity contribution < 1.29 is 37.6 Å². The first-order valence-corrected chi connectivity index (χ1v) is 22.8. The van der Waals surface area contributed by atoms with Gasteiger partial charge in [0.25, 0.3) is 8.32 Å². The monoisotopic (exact) mass is 831 g/mol. The third kappa shape index (κ3) is 7.05. The van der Waals surface area contributed by atoms with E-state index in [1.54, 1.807) is 20.3 Å². The quantitative estimate of drug-likeness (QED) is 0.0605. The van der Waals surface area contributed by atoms with Gasteiger partial charge in [-0.15, -0.1) is 0 Å². The first-order chi connectivity index (χ1) is 29.1. The van der Waals surface area contributed by atoms with Gasteiger partial charge in [0.1, 0.15) is 18.4 Å². The molecule has 8 rings (SSSR count). The van der Waals surface area contributed by atoms with Gasteiger partial charge in [-0.25, -0.2) is 0 Å². The van der Waals surface area contributed by atoms with Crippen molar-refractivity contribution in [3.8, 4) is 34.8 Å². The van der Waals surface area contributed by atoms with E-state index in [9.17, 15) is 5.26 Å². The van der Waals surface area contributed by atoms with Crippen LogP contribution in [0.25, 0.3) is 0 Å². The van der Waals surface area contributed by atoms with Crippen LogP contribution < -0.4 is 39.4 Å². The second-order valence-corrected chi connectivity index (χ2v) is 21.3. The lowest BCUT2D eigenvalue weighted by Crippen LogP contribution is -2.70. The summed E-state index contributed by atoms with van der Waals surface area (Å²) < 4.78 is 50.7. The standard InChI is InChI=1S/C48H57N3O8Si/c1-9-20-55-44-31(3)45-47(58-29-57-45)41-35(44)25-37-42-40-32(23-30(2)43(53-8)46(40)56-28-54-22-21-52-7)24-36(50-42)38(26-49)51(37)39(41)27-59-60(48(4,5)6,33-16-12-10-13-17-33)34-18-14-11-15-19-34/h9-19,23,36-39,42,50H,1,20-22,24-25,27-29H2,2-8H3/t36-,37?,38-,39-,42-/m0/s1. The van der Waals surface area contributed by atoms with Crippen LogP contribution in [0.3, 0.4) is 0 Å². The second-order valence-electron chi connectivity index (χ2n) is 17.0. The maximum atomic E-state index is 11.3. The zero-order chi connectivity index (χ0) is 42.2. The molecule has 0 amide bonds. The van der Waals surface area contributed by atoms with E-state index in [1.807, 2.05) is 13.8 Å². The number of nitrogens with one attached hydrogen (secondary N) is 1. The van der Waals surface area contributed by atoms with Crippen LogP contribution in [0.1, 0.15) is 66.2 Å². The van der Waals surface area contributed by atoms with Crippen LogP contribution in [0, 0.1) is 25.2 Å². The van der Waals surface area contributed by atoms with Crippen LogP contribution in [0.5, 0.6) is 28.7 Å². The fraction of sp³-hybridized carbons (Fsp3) is 0.438. The van der Waals surface area contributed by atoms with Gasteiger partial charge in [-0.05, 0) is 53.2 Å². The number of benzene rings is 4. The van der Waals surface area contributed by atoms with Crippen molar-refractivity contribution in [1.82, 2.24) is 10.2 Å². The Morgan fingerprint density at radius 1 is 0.917 bits per heavy atom. The van der Waals surface area contributed by atoms with E-state index >= 15 is 0 Å². The number of rotatable bonds is 15. The summed E-state index contributed by atoms with van der Waals surface area (Å²) in [7, 11) is 0.268. The summed E-state index contributed by atoms with van der Waals surface area (Å²) in [4.78, 5) is 2.41. The zero-order valence-electron chi connectivity index (χ0n) is 35.8. The number of nitriles is 1. The minimum absolute atomic E-state index is 0.0287. The lowest BCUT2D eigenvalue weighted by atomic mass is 9.72. The molecular weight excluding hydrogens is 775 g/mol. The number of fused-ring (bicyclic) bond motifs is 9. The summed E-state index contributed by atoms with van der Waals surface area (Å²) in [5.41, 5.74) is 5.94. The SMILES string of the molecule is C=CCOc1c(C)c2c(c3c1CC1[C@@H]4N[C@@H](Cc5cc(C)c(OC)c(OCOCCOC)c54)[C@H](C#N)N1[C@H]3CO[Si](c1ccccc1)(c1ccccc1)C(C)(C)C)OCO2. The average molecular weight is 832 g/mol. The highest BCUT2D eigenvalue weighted by molar-refractivity contribution is 6.99. The second kappa shape index (κ2) is 17.2. The molecule has 0 aromatic heterocycles. The maximum Gasteiger partial charge on any atom is 0.261 e. The van der Waals surface area contributed by atoms with Gasteiger partial charge in [-0.3, -0.25) is 4.90 Å². The Morgan fingerprint density at radius 3 is 2.25 bits per heavy atom. The molecule has 4 aliphatic heterocycles. The van der Waals surface area contributed by atoms with Crippen molar-refractivity contribution in [2.75, 3.05) is 54.2 Å². The van der Waals surface area contributed by atoms with Gasteiger partial charge in [0, 0.05) is 41.4 Å². The normalized spacial score (nSPS) is 21.6. The van der Waals surface area contributed by atoms with Crippen LogP contribution in [0.4, 0.5) is 0 Å². The molecule has 0 radical (unpaired) electrons. The molecule has 12 heteroatoms. The zero-order valence-corrected chi connectivity index (χ0v) is 36.8. The topological polar surface area (TPSA) is 113 Å². The first-order valence-electron chi connectivity index (χ1n) is 20.9. The minimum Gasteiger partial charge on any atom is -0.493 e. The Balaban J connectivity index is 1.33. The average Bonchev–Trinajstić information content (AvgIpc) is 3.74. The first kappa shape index (κ1) is 41.8. The molecule has 60 heavy (non-hydrogen) atoms. The summed E-state index contributed by atoms with van der Waals surface area (Å²) in [5, 5.41) is 17.4. The summed E-state index contributed by atoms with van der Waals surface area (Å²) in [6.07, 6.45) is 2.93. The van der Waals surface area contributed by atoms with Gasteiger partial charge in [0.05, 0.1) is 45.1 Å². The molecule has 316 valence electrons. The van der Waals surface area contributed by atoms with Gasteiger partial charge < -0.3 is 42.9 Å². The van der Waals surface area contributed by atoms with Crippen LogP contribution in [-0.2, 0) is 26.7 Å². The van der Waals surface area contributed by atoms with Crippen molar-refractivity contribution in [2.24, 2.45) is 0 Å². The predicted molar refractivity (Wildman–Crippen MR) is 232 cm³/mol. The van der Waals surface area contributed by atoms with E-state index in [0.717, 1.165) is 39.1 Å². The van der Waals surface area contributed by atoms with Gasteiger partial charge in [-0.2, -0.15) is 5.26 Å². The molecule has 0 aliphatic carbocycles. The Kier molecular flexibility index (Phi) is 12.0. The van der Waals surface area contributed by atoms with Crippen LogP contribution >= 0.6 is 0 Å². The molecule has 4 aromatic carbocycles. The van der Waals surface area contributed by atoms with Crippen LogP contribution in [0.15, 0.2) is 79.4 Å². The summed E-state index contributed by atoms with van der Waals surface area (Å²) in [6, 6.07) is 24.7. The van der Waals surface area contributed by atoms with Gasteiger partial charge in [0.15, 0.2) is 29.8 Å². The molecule has 1 unspecified atom stereocenters. The van der Waals surface area contributed by atoms with Gasteiger partial charge in [0.2, 0.25) is 6.79 Å². The predicted octanol–water partition coefficient (Wildman–Crippen LogP) is 6.61. The molecule has 0 saturated carbocycles.